The minimum Gasteiger partial charge on any atom is -0.480 e. The highest BCUT2D eigenvalue weighted by Crippen LogP contribution is 2.32. The number of carboxylic acids is 2. The summed E-state index contributed by atoms with van der Waals surface area (Å²) in [5.74, 6) is -3.73. The Balaban J connectivity index is 2.84. The molecule has 0 spiro atoms. The molecule has 1 rings (SSSR count). The molecule has 0 heterocycles. The average molecular weight is 454 g/mol. The van der Waals surface area contributed by atoms with E-state index in [1.165, 1.54) is 18.7 Å². The van der Waals surface area contributed by atoms with Crippen molar-refractivity contribution < 1.29 is 34.2 Å². The van der Waals surface area contributed by atoms with Gasteiger partial charge in [0.1, 0.15) is 24.4 Å². The number of aliphatic carboxylic acids is 2. The number of benzene rings is 1. The first-order valence-corrected chi connectivity index (χ1v) is 10.6. The Morgan fingerprint density at radius 1 is 1.10 bits per heavy atom. The van der Waals surface area contributed by atoms with Gasteiger partial charge in [-0.15, -0.1) is 0 Å². The zero-order valence-electron chi connectivity index (χ0n) is 17.1. The summed E-state index contributed by atoms with van der Waals surface area (Å²) in [5, 5.41) is 22.0. The third kappa shape index (κ3) is 10.6. The van der Waals surface area contributed by atoms with Crippen LogP contribution in [0.3, 0.4) is 0 Å². The molecule has 0 aromatic heterocycles. The molecule has 0 aliphatic carbocycles. The molecule has 0 bridgehead atoms. The summed E-state index contributed by atoms with van der Waals surface area (Å²) < 4.78 is 0. The number of carbonyl (C=O) groups is 5. The summed E-state index contributed by atoms with van der Waals surface area (Å²) in [4.78, 5) is 57.8. The molecule has 0 radical (unpaired) electrons. The minimum atomic E-state index is -1.24. The molecule has 6 N–H and O–H groups in total. The van der Waals surface area contributed by atoms with Gasteiger partial charge in [0.25, 0.3) is 0 Å². The van der Waals surface area contributed by atoms with E-state index >= 15 is 0 Å². The van der Waals surface area contributed by atoms with Crippen LogP contribution in [0.2, 0.25) is 0 Å². The molecule has 0 saturated heterocycles. The number of carbonyl (C=O) groups excluding carboxylic acids is 3. The highest BCUT2D eigenvalue weighted by Gasteiger charge is 2.25. The Kier molecular flexibility index (Phi) is 11.3. The fraction of sp³-hybridized carbons (Fsp3) is 0.450. The first-order valence-electron chi connectivity index (χ1n) is 9.53. The lowest BCUT2D eigenvalue weighted by Crippen LogP contribution is -2.49. The molecular weight excluding hydrogens is 426 g/mol. The van der Waals surface area contributed by atoms with Crippen LogP contribution >= 0.6 is 11.8 Å². The van der Waals surface area contributed by atoms with Crippen LogP contribution in [0.15, 0.2) is 30.3 Å². The van der Waals surface area contributed by atoms with E-state index in [-0.39, 0.29) is 36.0 Å². The van der Waals surface area contributed by atoms with Gasteiger partial charge < -0.3 is 26.6 Å². The highest BCUT2D eigenvalue weighted by atomic mass is 32.2. The topological polar surface area (TPSA) is 176 Å². The summed E-state index contributed by atoms with van der Waals surface area (Å²) >= 11 is 1.28. The molecule has 2 amide bonds. The number of hydrogen-bond donors (Lipinski definition) is 5. The number of ketones is 1. The maximum absolute atomic E-state index is 12.4. The number of carboxylic acid groups (broad SMARTS) is 2. The number of nitrogens with one attached hydrogen (secondary N) is 2. The summed E-state index contributed by atoms with van der Waals surface area (Å²) in [6.45, 7) is 0.844. The van der Waals surface area contributed by atoms with Crippen LogP contribution in [0.4, 0.5) is 0 Å². The fourth-order valence-electron chi connectivity index (χ4n) is 2.56. The molecule has 10 nitrogen and oxygen atoms in total. The predicted molar refractivity (Wildman–Crippen MR) is 114 cm³/mol. The smallest absolute Gasteiger partial charge is 0.322 e. The van der Waals surface area contributed by atoms with Crippen molar-refractivity contribution in [1.29, 1.82) is 0 Å². The van der Waals surface area contributed by atoms with Gasteiger partial charge >= 0.3 is 11.9 Å². The third-order valence-corrected chi connectivity index (χ3v) is 5.54. The summed E-state index contributed by atoms with van der Waals surface area (Å²) in [7, 11) is 0. The van der Waals surface area contributed by atoms with Crippen LogP contribution in [0, 0.1) is 0 Å². The summed E-state index contributed by atoms with van der Waals surface area (Å²) in [5.41, 5.74) is 6.27. The van der Waals surface area contributed by atoms with Gasteiger partial charge in [-0.05, 0) is 18.9 Å². The molecule has 170 valence electrons. The number of amides is 2. The third-order valence-electron chi connectivity index (χ3n) is 4.17. The first-order chi connectivity index (χ1) is 14.6. The van der Waals surface area contributed by atoms with Crippen LogP contribution in [-0.4, -0.2) is 64.1 Å². The monoisotopic (exact) mass is 453 g/mol. The van der Waals surface area contributed by atoms with Gasteiger partial charge in [-0.2, -0.15) is 11.8 Å². The lowest BCUT2D eigenvalue weighted by atomic mass is 10.1. The summed E-state index contributed by atoms with van der Waals surface area (Å²) in [6.07, 6.45) is -0.106. The van der Waals surface area contributed by atoms with Crippen molar-refractivity contribution in [2.75, 3.05) is 12.3 Å². The molecule has 31 heavy (non-hydrogen) atoms. The van der Waals surface area contributed by atoms with E-state index in [9.17, 15) is 24.0 Å². The standard InChI is InChI=1S/C20H27N3O7S/c1-12(24)9-16(13-5-3-2-4-6-13)31-11-15(19(28)22-10-18(26)27)23-17(25)8-7-14(21)20(29)30/h2-6,14-16H,7-11,21H2,1H3,(H,22,28)(H,23,25)(H,26,27)(H,29,30)/t14-,15-,16?/m0/s1. The normalized spacial score (nSPS) is 13.5. The van der Waals surface area contributed by atoms with Crippen LogP contribution in [0.25, 0.3) is 0 Å². The van der Waals surface area contributed by atoms with Crippen LogP contribution in [0.5, 0.6) is 0 Å². The van der Waals surface area contributed by atoms with Crippen molar-refractivity contribution in [2.45, 2.75) is 43.5 Å². The second-order valence-corrected chi connectivity index (χ2v) is 8.09. The number of Topliss-reactive ketones (excluding diaryl/α,β-unsaturated/α-hetero) is 1. The van der Waals surface area contributed by atoms with Crippen molar-refractivity contribution in [3.63, 3.8) is 0 Å². The van der Waals surface area contributed by atoms with Crippen molar-refractivity contribution in [2.24, 2.45) is 5.73 Å². The van der Waals surface area contributed by atoms with Gasteiger partial charge in [0.2, 0.25) is 11.8 Å². The predicted octanol–water partition coefficient (Wildman–Crippen LogP) is 0.318. The van der Waals surface area contributed by atoms with E-state index in [2.05, 4.69) is 10.6 Å². The molecule has 1 unspecified atom stereocenters. The number of nitrogens with two attached hydrogens (primary N) is 1. The van der Waals surface area contributed by atoms with Crippen molar-refractivity contribution in [3.8, 4) is 0 Å². The Morgan fingerprint density at radius 3 is 2.29 bits per heavy atom. The van der Waals surface area contributed by atoms with Crippen molar-refractivity contribution in [3.05, 3.63) is 35.9 Å². The number of thioether (sulfide) groups is 1. The van der Waals surface area contributed by atoms with Gasteiger partial charge in [0.05, 0.1) is 0 Å². The second kappa shape index (κ2) is 13.4. The Morgan fingerprint density at radius 2 is 1.74 bits per heavy atom. The van der Waals surface area contributed by atoms with Crippen molar-refractivity contribution in [1.82, 2.24) is 10.6 Å². The largest absolute Gasteiger partial charge is 0.480 e. The molecule has 1 aromatic rings. The van der Waals surface area contributed by atoms with Crippen LogP contribution in [0.1, 0.15) is 37.0 Å². The van der Waals surface area contributed by atoms with E-state index < -0.39 is 42.4 Å². The van der Waals surface area contributed by atoms with Gasteiger partial charge in [-0.3, -0.25) is 24.0 Å². The number of hydrogen-bond acceptors (Lipinski definition) is 7. The quantitative estimate of drug-likeness (QED) is 0.265. The van der Waals surface area contributed by atoms with E-state index in [1.54, 1.807) is 0 Å². The Labute approximate surface area is 183 Å². The zero-order valence-corrected chi connectivity index (χ0v) is 17.9. The molecule has 0 fully saturated rings. The van der Waals surface area contributed by atoms with Gasteiger partial charge in [-0.25, -0.2) is 0 Å². The molecule has 3 atom stereocenters. The summed E-state index contributed by atoms with van der Waals surface area (Å²) in [6, 6.07) is 6.91. The molecule has 0 aliphatic heterocycles. The van der Waals surface area contributed by atoms with Crippen LogP contribution < -0.4 is 16.4 Å². The van der Waals surface area contributed by atoms with E-state index in [4.69, 9.17) is 15.9 Å². The van der Waals surface area contributed by atoms with E-state index in [0.29, 0.717) is 0 Å². The average Bonchev–Trinajstić information content (AvgIpc) is 2.72. The molecule has 0 saturated carbocycles. The number of rotatable bonds is 14. The van der Waals surface area contributed by atoms with Gasteiger partial charge in [-0.1, -0.05) is 30.3 Å². The lowest BCUT2D eigenvalue weighted by molar-refractivity contribution is -0.139. The highest BCUT2D eigenvalue weighted by molar-refractivity contribution is 7.99. The van der Waals surface area contributed by atoms with Gasteiger partial charge in [0.15, 0.2) is 0 Å². The molecule has 11 heteroatoms. The van der Waals surface area contributed by atoms with Gasteiger partial charge in [0, 0.05) is 23.8 Å². The second-order valence-electron chi connectivity index (χ2n) is 6.85. The Bertz CT molecular complexity index is 788. The first kappa shape index (κ1) is 26.1. The molecule has 1 aromatic carbocycles. The van der Waals surface area contributed by atoms with Crippen LogP contribution in [-0.2, 0) is 24.0 Å². The Hall–Kier alpha value is -2.92. The fourth-order valence-corrected chi connectivity index (χ4v) is 3.92. The molecular formula is C20H27N3O7S. The lowest BCUT2D eigenvalue weighted by Gasteiger charge is -2.22. The minimum absolute atomic E-state index is 0.0417. The van der Waals surface area contributed by atoms with Crippen molar-refractivity contribution >= 4 is 41.3 Å². The van der Waals surface area contributed by atoms with E-state index in [0.717, 1.165) is 5.56 Å². The maximum Gasteiger partial charge on any atom is 0.322 e. The van der Waals surface area contributed by atoms with E-state index in [1.807, 2.05) is 30.3 Å². The SMILES string of the molecule is CC(=O)CC(SC[C@H](NC(=O)CC[C@H](N)C(=O)O)C(=O)NCC(=O)O)c1ccccc1. The zero-order chi connectivity index (χ0) is 23.4. The molecule has 0 aliphatic rings. The maximum atomic E-state index is 12.4.